The largest absolute Gasteiger partial charge is 0.396 e. The summed E-state index contributed by atoms with van der Waals surface area (Å²) in [5, 5.41) is 28.3. The topological polar surface area (TPSA) is 60.7 Å². The molecule has 1 radical (unpaired) electrons. The highest BCUT2D eigenvalue weighted by atomic mass is 16.3. The summed E-state index contributed by atoms with van der Waals surface area (Å²) in [5.41, 5.74) is 0. The molecule has 0 heterocycles. The van der Waals surface area contributed by atoms with Gasteiger partial charge in [0.2, 0.25) is 0 Å². The zero-order valence-electron chi connectivity index (χ0n) is 9.95. The molecule has 0 aliphatic rings. The first-order valence-electron chi connectivity index (χ1n) is 5.94. The van der Waals surface area contributed by atoms with Crippen molar-refractivity contribution in [1.82, 2.24) is 0 Å². The third kappa shape index (κ3) is 7.77. The minimum atomic E-state index is -0.369. The SMILES string of the molecule is CCCC(O)C[C](CO)CC(O)CCC. The summed E-state index contributed by atoms with van der Waals surface area (Å²) in [6.45, 7) is 4.02. The van der Waals surface area contributed by atoms with Crippen molar-refractivity contribution in [2.45, 2.75) is 64.6 Å². The molecule has 91 valence electrons. The van der Waals surface area contributed by atoms with E-state index in [1.54, 1.807) is 0 Å². The average molecular weight is 217 g/mol. The van der Waals surface area contributed by atoms with Gasteiger partial charge < -0.3 is 15.3 Å². The molecule has 0 aliphatic carbocycles. The van der Waals surface area contributed by atoms with E-state index in [1.165, 1.54) is 0 Å². The third-order valence-corrected chi connectivity index (χ3v) is 2.52. The predicted octanol–water partition coefficient (Wildman–Crippen LogP) is 1.66. The fraction of sp³-hybridized carbons (Fsp3) is 0.917. The molecule has 3 N–H and O–H groups in total. The van der Waals surface area contributed by atoms with Crippen molar-refractivity contribution in [2.75, 3.05) is 6.61 Å². The second-order valence-corrected chi connectivity index (χ2v) is 4.20. The van der Waals surface area contributed by atoms with E-state index in [1.807, 2.05) is 13.8 Å². The maximum absolute atomic E-state index is 9.58. The highest BCUT2D eigenvalue weighted by molar-refractivity contribution is 4.93. The first-order valence-corrected chi connectivity index (χ1v) is 5.94. The van der Waals surface area contributed by atoms with E-state index in [4.69, 9.17) is 5.11 Å². The molecular formula is C12H25O3. The molecule has 0 saturated heterocycles. The monoisotopic (exact) mass is 217 g/mol. The van der Waals surface area contributed by atoms with Crippen LogP contribution < -0.4 is 0 Å². The van der Waals surface area contributed by atoms with Crippen molar-refractivity contribution in [3.05, 3.63) is 5.92 Å². The van der Waals surface area contributed by atoms with Gasteiger partial charge in [0.05, 0.1) is 12.2 Å². The number of hydrogen-bond donors (Lipinski definition) is 3. The van der Waals surface area contributed by atoms with Crippen molar-refractivity contribution in [2.24, 2.45) is 0 Å². The molecule has 15 heavy (non-hydrogen) atoms. The van der Waals surface area contributed by atoms with E-state index in [0.717, 1.165) is 31.6 Å². The summed E-state index contributed by atoms with van der Waals surface area (Å²) in [4.78, 5) is 0. The van der Waals surface area contributed by atoms with Gasteiger partial charge >= 0.3 is 0 Å². The molecule has 0 saturated carbocycles. The number of rotatable bonds is 9. The molecule has 0 amide bonds. The van der Waals surface area contributed by atoms with Crippen molar-refractivity contribution in [3.8, 4) is 0 Å². The molecule has 3 heteroatoms. The van der Waals surface area contributed by atoms with Gasteiger partial charge in [-0.1, -0.05) is 26.7 Å². The Labute approximate surface area is 93.1 Å². The quantitative estimate of drug-likeness (QED) is 0.550. The smallest absolute Gasteiger partial charge is 0.0546 e. The summed E-state index contributed by atoms with van der Waals surface area (Å²) >= 11 is 0. The molecule has 0 bridgehead atoms. The summed E-state index contributed by atoms with van der Waals surface area (Å²) in [5.74, 6) is 0.858. The lowest BCUT2D eigenvalue weighted by molar-refractivity contribution is 0.120. The summed E-state index contributed by atoms with van der Waals surface area (Å²) in [6, 6.07) is 0. The van der Waals surface area contributed by atoms with E-state index in [0.29, 0.717) is 12.8 Å². The van der Waals surface area contributed by atoms with Gasteiger partial charge in [-0.2, -0.15) is 0 Å². The maximum atomic E-state index is 9.58. The fourth-order valence-corrected chi connectivity index (χ4v) is 1.75. The number of aliphatic hydroxyl groups is 3. The molecule has 3 nitrogen and oxygen atoms in total. The van der Waals surface area contributed by atoms with Gasteiger partial charge in [-0.3, -0.25) is 0 Å². The van der Waals surface area contributed by atoms with Crippen LogP contribution in [-0.4, -0.2) is 34.1 Å². The van der Waals surface area contributed by atoms with Crippen LogP contribution in [0.4, 0.5) is 0 Å². The Balaban J connectivity index is 3.80. The van der Waals surface area contributed by atoms with Crippen molar-refractivity contribution >= 4 is 0 Å². The highest BCUT2D eigenvalue weighted by Gasteiger charge is 2.17. The molecule has 0 aromatic carbocycles. The average Bonchev–Trinajstić information content (AvgIpc) is 2.17. The van der Waals surface area contributed by atoms with Gasteiger partial charge in [-0.05, 0) is 25.7 Å². The van der Waals surface area contributed by atoms with Gasteiger partial charge in [0.15, 0.2) is 0 Å². The Morgan fingerprint density at radius 3 is 1.60 bits per heavy atom. The van der Waals surface area contributed by atoms with E-state index in [9.17, 15) is 10.2 Å². The summed E-state index contributed by atoms with van der Waals surface area (Å²) < 4.78 is 0. The van der Waals surface area contributed by atoms with Crippen LogP contribution in [0.25, 0.3) is 0 Å². The van der Waals surface area contributed by atoms with Crippen LogP contribution in [0.1, 0.15) is 52.4 Å². The van der Waals surface area contributed by atoms with E-state index >= 15 is 0 Å². The minimum absolute atomic E-state index is 0.0262. The summed E-state index contributed by atoms with van der Waals surface area (Å²) in [7, 11) is 0. The lowest BCUT2D eigenvalue weighted by atomic mass is 9.93. The zero-order chi connectivity index (χ0) is 11.7. The van der Waals surface area contributed by atoms with Crippen LogP contribution in [0.3, 0.4) is 0 Å². The highest BCUT2D eigenvalue weighted by Crippen LogP contribution is 2.19. The predicted molar refractivity (Wildman–Crippen MR) is 61.4 cm³/mol. The molecule has 0 rings (SSSR count). The zero-order valence-corrected chi connectivity index (χ0v) is 9.95. The van der Waals surface area contributed by atoms with Crippen LogP contribution in [-0.2, 0) is 0 Å². The van der Waals surface area contributed by atoms with Gasteiger partial charge in [-0.15, -0.1) is 0 Å². The molecule has 2 atom stereocenters. The van der Waals surface area contributed by atoms with E-state index < -0.39 is 0 Å². The molecular weight excluding hydrogens is 192 g/mol. The van der Waals surface area contributed by atoms with Crippen molar-refractivity contribution in [1.29, 1.82) is 0 Å². The maximum Gasteiger partial charge on any atom is 0.0546 e. The lowest BCUT2D eigenvalue weighted by Gasteiger charge is -2.20. The Morgan fingerprint density at radius 1 is 0.933 bits per heavy atom. The van der Waals surface area contributed by atoms with Crippen LogP contribution in [0.15, 0.2) is 0 Å². The van der Waals surface area contributed by atoms with Crippen LogP contribution >= 0.6 is 0 Å². The Hall–Kier alpha value is -0.120. The van der Waals surface area contributed by atoms with Gasteiger partial charge in [0, 0.05) is 12.5 Å². The second-order valence-electron chi connectivity index (χ2n) is 4.20. The van der Waals surface area contributed by atoms with Gasteiger partial charge in [0.1, 0.15) is 0 Å². The molecule has 0 aliphatic heterocycles. The number of aliphatic hydroxyl groups excluding tert-OH is 3. The van der Waals surface area contributed by atoms with E-state index in [2.05, 4.69) is 0 Å². The van der Waals surface area contributed by atoms with Crippen LogP contribution in [0, 0.1) is 5.92 Å². The molecule has 0 spiro atoms. The summed E-state index contributed by atoms with van der Waals surface area (Å²) in [6.07, 6.45) is 3.70. The minimum Gasteiger partial charge on any atom is -0.396 e. The normalized spacial score (nSPS) is 15.6. The van der Waals surface area contributed by atoms with Crippen molar-refractivity contribution in [3.63, 3.8) is 0 Å². The first-order chi connectivity index (χ1) is 7.13. The van der Waals surface area contributed by atoms with Crippen LogP contribution in [0.5, 0.6) is 0 Å². The fourth-order valence-electron chi connectivity index (χ4n) is 1.75. The molecule has 2 unspecified atom stereocenters. The van der Waals surface area contributed by atoms with Gasteiger partial charge in [-0.25, -0.2) is 0 Å². The molecule has 0 aromatic rings. The van der Waals surface area contributed by atoms with Crippen LogP contribution in [0.2, 0.25) is 0 Å². The lowest BCUT2D eigenvalue weighted by Crippen LogP contribution is -2.20. The van der Waals surface area contributed by atoms with Gasteiger partial charge in [0.25, 0.3) is 0 Å². The first kappa shape index (κ1) is 14.9. The molecule has 0 aromatic heterocycles. The standard InChI is InChI=1S/C12H25O3/c1-3-5-11(14)7-10(9-13)8-12(15)6-4-2/h11-15H,3-9H2,1-2H3. The Bertz CT molecular complexity index is 125. The Morgan fingerprint density at radius 2 is 1.33 bits per heavy atom. The third-order valence-electron chi connectivity index (χ3n) is 2.52. The van der Waals surface area contributed by atoms with Crippen molar-refractivity contribution < 1.29 is 15.3 Å². The number of hydrogen-bond acceptors (Lipinski definition) is 3. The Kier molecular flexibility index (Phi) is 9.06. The molecule has 0 fully saturated rings. The van der Waals surface area contributed by atoms with E-state index in [-0.39, 0.29) is 18.8 Å². The second kappa shape index (κ2) is 9.13.